The minimum atomic E-state index is -0.685. The average molecular weight is 262 g/mol. The van der Waals surface area contributed by atoms with E-state index < -0.39 is 6.04 Å². The van der Waals surface area contributed by atoms with Crippen molar-refractivity contribution >= 4 is 5.97 Å². The highest BCUT2D eigenvalue weighted by Crippen LogP contribution is 2.16. The van der Waals surface area contributed by atoms with Gasteiger partial charge in [-0.25, -0.2) is 4.79 Å². The summed E-state index contributed by atoms with van der Waals surface area (Å²) in [6, 6.07) is 8.99. The molecule has 0 amide bonds. The van der Waals surface area contributed by atoms with E-state index in [-0.39, 0.29) is 5.97 Å². The van der Waals surface area contributed by atoms with Gasteiger partial charge in [0.2, 0.25) is 0 Å². The molecular formula is C15H22N2O2. The van der Waals surface area contributed by atoms with Crippen LogP contribution >= 0.6 is 0 Å². The van der Waals surface area contributed by atoms with Gasteiger partial charge in [0, 0.05) is 6.04 Å². The van der Waals surface area contributed by atoms with E-state index in [1.54, 1.807) is 0 Å². The van der Waals surface area contributed by atoms with Crippen LogP contribution in [0, 0.1) is 0 Å². The van der Waals surface area contributed by atoms with E-state index >= 15 is 0 Å². The summed E-state index contributed by atoms with van der Waals surface area (Å²) >= 11 is 0. The Morgan fingerprint density at radius 1 is 1.42 bits per heavy atom. The van der Waals surface area contributed by atoms with Crippen molar-refractivity contribution in [3.8, 4) is 0 Å². The first-order valence-electron chi connectivity index (χ1n) is 6.86. The smallest absolute Gasteiger partial charge is 0.327 e. The highest BCUT2D eigenvalue weighted by molar-refractivity contribution is 5.77. The molecule has 1 unspecified atom stereocenters. The molecule has 4 nitrogen and oxygen atoms in total. The van der Waals surface area contributed by atoms with Crippen molar-refractivity contribution in [2.75, 3.05) is 20.2 Å². The van der Waals surface area contributed by atoms with Crippen molar-refractivity contribution in [2.45, 2.75) is 31.3 Å². The van der Waals surface area contributed by atoms with Crippen LogP contribution in [0.15, 0.2) is 30.3 Å². The Bertz CT molecular complexity index is 408. The lowest BCUT2D eigenvalue weighted by Crippen LogP contribution is -2.40. The Morgan fingerprint density at radius 3 is 2.84 bits per heavy atom. The van der Waals surface area contributed by atoms with Gasteiger partial charge in [0.1, 0.15) is 12.6 Å². The number of hydrogen-bond donors (Lipinski definition) is 1. The molecular weight excluding hydrogens is 240 g/mol. The quantitative estimate of drug-likeness (QED) is 0.839. The molecule has 1 aliphatic rings. The van der Waals surface area contributed by atoms with Crippen LogP contribution in [0.4, 0.5) is 0 Å². The third kappa shape index (κ3) is 3.78. The van der Waals surface area contributed by atoms with E-state index in [4.69, 9.17) is 10.5 Å². The zero-order valence-electron chi connectivity index (χ0n) is 11.4. The maximum Gasteiger partial charge on any atom is 0.327 e. The molecule has 1 fully saturated rings. The third-order valence-electron chi connectivity index (χ3n) is 3.75. The van der Waals surface area contributed by atoms with Gasteiger partial charge in [-0.2, -0.15) is 0 Å². The van der Waals surface area contributed by atoms with Crippen LogP contribution in [0.25, 0.3) is 0 Å². The van der Waals surface area contributed by atoms with Crippen LogP contribution in [0.5, 0.6) is 0 Å². The van der Waals surface area contributed by atoms with Gasteiger partial charge in [-0.1, -0.05) is 36.8 Å². The zero-order chi connectivity index (χ0) is 13.7. The largest absolute Gasteiger partial charge is 0.463 e. The Morgan fingerprint density at radius 2 is 2.16 bits per heavy atom. The molecule has 0 aromatic heterocycles. The van der Waals surface area contributed by atoms with E-state index in [1.165, 1.54) is 12.8 Å². The van der Waals surface area contributed by atoms with Crippen molar-refractivity contribution in [2.24, 2.45) is 5.73 Å². The number of nitrogens with two attached hydrogens (primary N) is 1. The fourth-order valence-corrected chi connectivity index (χ4v) is 2.42. The van der Waals surface area contributed by atoms with Gasteiger partial charge in [-0.15, -0.1) is 0 Å². The number of carbonyl (C=O) groups is 1. The first-order valence-corrected chi connectivity index (χ1v) is 6.86. The number of nitrogens with zero attached hydrogens (tertiary/aromatic N) is 1. The average Bonchev–Trinajstić information content (AvgIpc) is 2.46. The molecule has 1 saturated heterocycles. The maximum atomic E-state index is 11.9. The topological polar surface area (TPSA) is 55.6 Å². The molecule has 1 aromatic carbocycles. The number of carbonyl (C=O) groups excluding carboxylic acids is 1. The molecule has 19 heavy (non-hydrogen) atoms. The lowest BCUT2D eigenvalue weighted by molar-refractivity contribution is -0.147. The van der Waals surface area contributed by atoms with E-state index in [0.29, 0.717) is 12.6 Å². The monoisotopic (exact) mass is 262 g/mol. The lowest BCUT2D eigenvalue weighted by atomic mass is 10.0. The van der Waals surface area contributed by atoms with Gasteiger partial charge < -0.3 is 15.4 Å². The fourth-order valence-electron chi connectivity index (χ4n) is 2.42. The van der Waals surface area contributed by atoms with Crippen molar-refractivity contribution in [1.82, 2.24) is 4.90 Å². The van der Waals surface area contributed by atoms with Crippen LogP contribution in [0.3, 0.4) is 0 Å². The van der Waals surface area contributed by atoms with Crippen LogP contribution in [0.2, 0.25) is 0 Å². The molecule has 0 aliphatic carbocycles. The van der Waals surface area contributed by atoms with Crippen LogP contribution in [0.1, 0.15) is 30.9 Å². The van der Waals surface area contributed by atoms with Gasteiger partial charge >= 0.3 is 5.97 Å². The Balaban J connectivity index is 1.84. The summed E-state index contributed by atoms with van der Waals surface area (Å²) in [5.74, 6) is -0.342. The first kappa shape index (κ1) is 14.0. The number of likely N-dealkylation sites (tertiary alicyclic amines) is 1. The molecule has 1 aromatic rings. The van der Waals surface area contributed by atoms with E-state index in [2.05, 4.69) is 11.9 Å². The molecule has 0 saturated carbocycles. The van der Waals surface area contributed by atoms with Crippen LogP contribution in [-0.2, 0) is 9.53 Å². The summed E-state index contributed by atoms with van der Waals surface area (Å²) in [5, 5.41) is 0. The predicted molar refractivity (Wildman–Crippen MR) is 74.6 cm³/mol. The fraction of sp³-hybridized carbons (Fsp3) is 0.533. The van der Waals surface area contributed by atoms with E-state index in [1.807, 2.05) is 30.3 Å². The summed E-state index contributed by atoms with van der Waals surface area (Å²) < 4.78 is 5.36. The Hall–Kier alpha value is -1.39. The molecule has 0 radical (unpaired) electrons. The summed E-state index contributed by atoms with van der Waals surface area (Å²) in [7, 11) is 2.08. The van der Waals surface area contributed by atoms with Crippen LogP contribution in [-0.4, -0.2) is 37.1 Å². The molecule has 4 heteroatoms. The van der Waals surface area contributed by atoms with E-state index in [9.17, 15) is 4.79 Å². The summed E-state index contributed by atoms with van der Waals surface area (Å²) in [6.45, 7) is 1.52. The highest BCUT2D eigenvalue weighted by atomic mass is 16.5. The highest BCUT2D eigenvalue weighted by Gasteiger charge is 2.23. The van der Waals surface area contributed by atoms with Gasteiger partial charge in [-0.05, 0) is 32.0 Å². The number of likely N-dealkylation sites (N-methyl/N-ethyl adjacent to an activating group) is 1. The minimum Gasteiger partial charge on any atom is -0.463 e. The van der Waals surface area contributed by atoms with Gasteiger partial charge in [0.25, 0.3) is 0 Å². The summed E-state index contributed by atoms with van der Waals surface area (Å²) in [6.07, 6.45) is 3.52. The van der Waals surface area contributed by atoms with Gasteiger partial charge in [0.15, 0.2) is 0 Å². The number of benzene rings is 1. The maximum absolute atomic E-state index is 11.9. The number of ether oxygens (including phenoxy) is 1. The second-order valence-electron chi connectivity index (χ2n) is 5.15. The second kappa shape index (κ2) is 6.68. The number of rotatable bonds is 4. The Kier molecular flexibility index (Phi) is 4.93. The normalized spacial score (nSPS) is 21.9. The minimum absolute atomic E-state index is 0.334. The molecule has 2 atom stereocenters. The summed E-state index contributed by atoms with van der Waals surface area (Å²) in [4.78, 5) is 14.2. The van der Waals surface area contributed by atoms with Crippen molar-refractivity contribution in [1.29, 1.82) is 0 Å². The molecule has 2 rings (SSSR count). The van der Waals surface area contributed by atoms with Crippen molar-refractivity contribution in [3.05, 3.63) is 35.9 Å². The number of piperidine rings is 1. The molecule has 2 N–H and O–H groups in total. The third-order valence-corrected chi connectivity index (χ3v) is 3.75. The zero-order valence-corrected chi connectivity index (χ0v) is 11.4. The standard InChI is InChI=1S/C15H22N2O2/c1-17-10-6-5-9-13(17)11-19-15(18)14(16)12-7-3-2-4-8-12/h2-4,7-8,13-14H,5-6,9-11,16H2,1H3/t13-,14?/m1/s1. The van der Waals surface area contributed by atoms with E-state index in [0.717, 1.165) is 18.5 Å². The van der Waals surface area contributed by atoms with Crippen molar-refractivity contribution in [3.63, 3.8) is 0 Å². The number of esters is 1. The Labute approximate surface area is 114 Å². The van der Waals surface area contributed by atoms with Gasteiger partial charge in [0.05, 0.1) is 0 Å². The molecule has 0 spiro atoms. The SMILES string of the molecule is CN1CCCC[C@@H]1COC(=O)C(N)c1ccccc1. The molecule has 0 bridgehead atoms. The van der Waals surface area contributed by atoms with Gasteiger partial charge in [-0.3, -0.25) is 0 Å². The molecule has 1 heterocycles. The van der Waals surface area contributed by atoms with Crippen LogP contribution < -0.4 is 5.73 Å². The van der Waals surface area contributed by atoms with Crippen molar-refractivity contribution < 1.29 is 9.53 Å². The molecule has 104 valence electrons. The first-order chi connectivity index (χ1) is 9.18. The second-order valence-corrected chi connectivity index (χ2v) is 5.15. The lowest BCUT2D eigenvalue weighted by Gasteiger charge is -2.32. The molecule has 1 aliphatic heterocycles. The summed E-state index contributed by atoms with van der Waals surface area (Å²) in [5.41, 5.74) is 6.70. The number of hydrogen-bond acceptors (Lipinski definition) is 4. The predicted octanol–water partition coefficient (Wildman–Crippen LogP) is 1.71.